The largest absolute Gasteiger partial charge is 0.444 e. The number of rotatable bonds is 7. The van der Waals surface area contributed by atoms with E-state index in [0.29, 0.717) is 60.7 Å². The molecule has 0 unspecified atom stereocenters. The molecule has 10 nitrogen and oxygen atoms in total. The van der Waals surface area contributed by atoms with Crippen LogP contribution in [0.5, 0.6) is 0 Å². The number of pyridine rings is 1. The average Bonchev–Trinajstić information content (AvgIpc) is 3.62. The third kappa shape index (κ3) is 6.50. The minimum atomic E-state index is -4.06. The van der Waals surface area contributed by atoms with Gasteiger partial charge in [0.25, 0.3) is 10.0 Å². The maximum atomic E-state index is 14.4. The van der Waals surface area contributed by atoms with Crippen LogP contribution in [0.15, 0.2) is 53.7 Å². The molecular formula is C30H39N5O5S. The van der Waals surface area contributed by atoms with Gasteiger partial charge in [0.1, 0.15) is 11.2 Å². The van der Waals surface area contributed by atoms with Crippen molar-refractivity contribution in [2.24, 2.45) is 5.92 Å². The molecule has 41 heavy (non-hydrogen) atoms. The third-order valence-electron chi connectivity index (χ3n) is 7.75. The van der Waals surface area contributed by atoms with Gasteiger partial charge in [-0.05, 0) is 70.6 Å². The van der Waals surface area contributed by atoms with E-state index in [4.69, 9.17) is 4.74 Å². The second-order valence-electron chi connectivity index (χ2n) is 12.0. The van der Waals surface area contributed by atoms with Gasteiger partial charge in [-0.1, -0.05) is 31.0 Å². The van der Waals surface area contributed by atoms with Crippen LogP contribution in [0, 0.1) is 5.92 Å². The highest BCUT2D eigenvalue weighted by Gasteiger charge is 2.38. The Kier molecular flexibility index (Phi) is 8.26. The fraction of sp³-hybridized carbons (Fsp3) is 0.500. The first-order valence-corrected chi connectivity index (χ1v) is 15.8. The monoisotopic (exact) mass is 581 g/mol. The number of fused-ring (bicyclic) bond motifs is 1. The van der Waals surface area contributed by atoms with Gasteiger partial charge in [0.05, 0.1) is 22.5 Å². The van der Waals surface area contributed by atoms with Gasteiger partial charge in [0.2, 0.25) is 5.91 Å². The van der Waals surface area contributed by atoms with Crippen LogP contribution in [-0.4, -0.2) is 60.0 Å². The minimum Gasteiger partial charge on any atom is -0.444 e. The van der Waals surface area contributed by atoms with E-state index in [2.05, 4.69) is 15.3 Å². The van der Waals surface area contributed by atoms with Crippen molar-refractivity contribution in [2.45, 2.75) is 82.3 Å². The van der Waals surface area contributed by atoms with Crippen LogP contribution in [0.2, 0.25) is 0 Å². The number of likely N-dealkylation sites (tertiary alicyclic amines) is 1. The number of aromatic nitrogens is 2. The van der Waals surface area contributed by atoms with E-state index < -0.39 is 27.8 Å². The van der Waals surface area contributed by atoms with E-state index in [-0.39, 0.29) is 10.8 Å². The number of ether oxygens (including phenoxy) is 1. The van der Waals surface area contributed by atoms with Crippen molar-refractivity contribution in [1.82, 2.24) is 14.9 Å². The molecule has 3 aromatic rings. The van der Waals surface area contributed by atoms with E-state index in [1.807, 2.05) is 20.8 Å². The minimum absolute atomic E-state index is 0.147. The Hall–Kier alpha value is -3.60. The lowest BCUT2D eigenvalue weighted by atomic mass is 10.0. The molecule has 1 saturated heterocycles. The molecule has 2 aromatic heterocycles. The standard InChI is InChI=1S/C30H39N5O5S/c1-30(2,3)40-29(37)34-17-14-22(15-18-34)35(41(38,39)23-11-5-4-6-12-23)27-24-13-16-31-28(24)32-20-25(27)33-26(36)19-21-9-7-8-10-21/h4-6,11-13,16,20-22H,7-10,14-15,17-19H2,1-3H3,(H,31,32)(H,33,36). The number of nitrogens with zero attached hydrogens (tertiary/aromatic N) is 3. The number of sulfonamides is 1. The summed E-state index contributed by atoms with van der Waals surface area (Å²) in [6, 6.07) is 9.63. The molecule has 0 bridgehead atoms. The van der Waals surface area contributed by atoms with Crippen LogP contribution >= 0.6 is 0 Å². The van der Waals surface area contributed by atoms with E-state index in [0.717, 1.165) is 25.7 Å². The van der Waals surface area contributed by atoms with Gasteiger partial charge in [-0.3, -0.25) is 9.10 Å². The molecule has 0 radical (unpaired) electrons. The molecule has 1 aliphatic heterocycles. The highest BCUT2D eigenvalue weighted by Crippen LogP contribution is 2.40. The van der Waals surface area contributed by atoms with Crippen molar-refractivity contribution in [3.8, 4) is 0 Å². The van der Waals surface area contributed by atoms with Gasteiger partial charge in [-0.25, -0.2) is 18.2 Å². The summed E-state index contributed by atoms with van der Waals surface area (Å²) in [6.07, 6.45) is 8.34. The number of amides is 2. The molecule has 220 valence electrons. The maximum Gasteiger partial charge on any atom is 0.410 e. The normalized spacial score (nSPS) is 17.1. The van der Waals surface area contributed by atoms with Crippen LogP contribution < -0.4 is 9.62 Å². The summed E-state index contributed by atoms with van der Waals surface area (Å²) in [6.45, 7) is 6.13. The molecule has 2 N–H and O–H groups in total. The Morgan fingerprint density at radius 3 is 2.41 bits per heavy atom. The zero-order valence-corrected chi connectivity index (χ0v) is 24.7. The lowest BCUT2D eigenvalue weighted by Crippen LogP contribution is -2.50. The molecule has 5 rings (SSSR count). The summed E-state index contributed by atoms with van der Waals surface area (Å²) in [5, 5.41) is 3.60. The maximum absolute atomic E-state index is 14.4. The van der Waals surface area contributed by atoms with Crippen molar-refractivity contribution in [2.75, 3.05) is 22.7 Å². The van der Waals surface area contributed by atoms with E-state index in [1.165, 1.54) is 10.5 Å². The highest BCUT2D eigenvalue weighted by molar-refractivity contribution is 7.93. The van der Waals surface area contributed by atoms with Gasteiger partial charge >= 0.3 is 6.09 Å². The number of H-pyrrole nitrogens is 1. The van der Waals surface area contributed by atoms with E-state index >= 15 is 0 Å². The summed E-state index contributed by atoms with van der Waals surface area (Å²) < 4.78 is 35.8. The summed E-state index contributed by atoms with van der Waals surface area (Å²) >= 11 is 0. The van der Waals surface area contributed by atoms with Gasteiger partial charge in [-0.15, -0.1) is 0 Å². The topological polar surface area (TPSA) is 125 Å². The van der Waals surface area contributed by atoms with Crippen LogP contribution in [0.3, 0.4) is 0 Å². The molecule has 2 fully saturated rings. The summed E-state index contributed by atoms with van der Waals surface area (Å²) in [5.41, 5.74) is 0.636. The fourth-order valence-electron chi connectivity index (χ4n) is 5.82. The second-order valence-corrected chi connectivity index (χ2v) is 13.8. The molecule has 2 amide bonds. The van der Waals surface area contributed by atoms with Crippen LogP contribution in [0.25, 0.3) is 11.0 Å². The second kappa shape index (κ2) is 11.7. The van der Waals surface area contributed by atoms with Crippen LogP contribution in [0.1, 0.15) is 65.7 Å². The Bertz CT molecular complexity index is 1480. The summed E-state index contributed by atoms with van der Waals surface area (Å²) in [4.78, 5) is 35.2. The van der Waals surface area contributed by atoms with Crippen molar-refractivity contribution >= 4 is 44.4 Å². The lowest BCUT2D eigenvalue weighted by molar-refractivity contribution is -0.117. The third-order valence-corrected chi connectivity index (χ3v) is 9.62. The molecular weight excluding hydrogens is 542 g/mol. The highest BCUT2D eigenvalue weighted by atomic mass is 32.2. The van der Waals surface area contributed by atoms with E-state index in [9.17, 15) is 18.0 Å². The number of hydrogen-bond donors (Lipinski definition) is 2. The summed E-state index contributed by atoms with van der Waals surface area (Å²) in [7, 11) is -4.06. The first-order chi connectivity index (χ1) is 19.5. The first-order valence-electron chi connectivity index (χ1n) is 14.4. The number of carbonyl (C=O) groups excluding carboxylic acids is 2. The Morgan fingerprint density at radius 2 is 1.76 bits per heavy atom. The van der Waals surface area contributed by atoms with Crippen molar-refractivity contribution < 1.29 is 22.7 Å². The van der Waals surface area contributed by atoms with Gasteiger partial charge in [-0.2, -0.15) is 0 Å². The number of benzene rings is 1. The van der Waals surface area contributed by atoms with Gasteiger partial charge < -0.3 is 19.9 Å². The molecule has 1 aliphatic carbocycles. The average molecular weight is 582 g/mol. The summed E-state index contributed by atoms with van der Waals surface area (Å²) in [5.74, 6) is 0.190. The molecule has 1 saturated carbocycles. The number of aromatic amines is 1. The first kappa shape index (κ1) is 28.9. The number of hydrogen-bond acceptors (Lipinski definition) is 6. The van der Waals surface area contributed by atoms with Crippen LogP contribution in [-0.2, 0) is 19.6 Å². The zero-order chi connectivity index (χ0) is 29.2. The van der Waals surface area contributed by atoms with Crippen LogP contribution in [0.4, 0.5) is 16.2 Å². The zero-order valence-electron chi connectivity index (χ0n) is 23.9. The Labute approximate surface area is 241 Å². The Morgan fingerprint density at radius 1 is 1.07 bits per heavy atom. The fourth-order valence-corrected chi connectivity index (χ4v) is 7.58. The SMILES string of the molecule is CC(C)(C)OC(=O)N1CCC(N(c2c(NC(=O)CC3CCCC3)cnc3[nH]ccc23)S(=O)(=O)c2ccccc2)CC1. The molecule has 0 atom stereocenters. The molecule has 2 aliphatic rings. The van der Waals surface area contributed by atoms with Gasteiger partial charge in [0, 0.05) is 37.1 Å². The predicted octanol–water partition coefficient (Wildman–Crippen LogP) is 5.68. The van der Waals surface area contributed by atoms with Gasteiger partial charge in [0.15, 0.2) is 0 Å². The Balaban J connectivity index is 1.53. The van der Waals surface area contributed by atoms with Crippen molar-refractivity contribution in [3.63, 3.8) is 0 Å². The number of carbonyl (C=O) groups is 2. The van der Waals surface area contributed by atoms with Crippen molar-refractivity contribution in [1.29, 1.82) is 0 Å². The molecule has 0 spiro atoms. The molecule has 3 heterocycles. The quantitative estimate of drug-likeness (QED) is 0.370. The number of anilines is 2. The van der Waals surface area contributed by atoms with Crippen molar-refractivity contribution in [3.05, 3.63) is 48.8 Å². The number of nitrogens with one attached hydrogen (secondary N) is 2. The van der Waals surface area contributed by atoms with E-state index in [1.54, 1.807) is 47.5 Å². The smallest absolute Gasteiger partial charge is 0.410 e. The number of piperidine rings is 1. The predicted molar refractivity (Wildman–Crippen MR) is 158 cm³/mol. The lowest BCUT2D eigenvalue weighted by Gasteiger charge is -2.40. The molecule has 1 aromatic carbocycles. The molecule has 11 heteroatoms.